The van der Waals surface area contributed by atoms with Crippen LogP contribution >= 0.6 is 0 Å². The van der Waals surface area contributed by atoms with Crippen molar-refractivity contribution in [3.63, 3.8) is 0 Å². The number of hydrogen-bond acceptors (Lipinski definition) is 3. The van der Waals surface area contributed by atoms with Crippen LogP contribution in [0.1, 0.15) is 42.8 Å². The van der Waals surface area contributed by atoms with Gasteiger partial charge in [0.25, 0.3) is 0 Å². The zero-order chi connectivity index (χ0) is 17.8. The molecule has 0 saturated carbocycles. The molecule has 1 heterocycles. The molecule has 0 aliphatic heterocycles. The Bertz CT molecular complexity index is 854. The fraction of sp³-hybridized carbons (Fsp3) is 0.381. The molecular formula is C21H26N2O2. The maximum Gasteiger partial charge on any atom is 0.138 e. The van der Waals surface area contributed by atoms with Crippen molar-refractivity contribution in [2.75, 3.05) is 6.61 Å². The van der Waals surface area contributed by atoms with Gasteiger partial charge in [-0.15, -0.1) is 0 Å². The van der Waals surface area contributed by atoms with Crippen LogP contribution in [0.5, 0.6) is 5.75 Å². The van der Waals surface area contributed by atoms with E-state index in [1.165, 1.54) is 5.56 Å². The molecule has 0 radical (unpaired) electrons. The summed E-state index contributed by atoms with van der Waals surface area (Å²) in [6, 6.07) is 14.3. The summed E-state index contributed by atoms with van der Waals surface area (Å²) >= 11 is 0. The second-order valence-corrected chi connectivity index (χ2v) is 6.51. The standard InChI is InChI=1S/C21H26N2O2/c1-4-19(24)21-22-17-8-5-6-9-18(17)23(21)12-7-13-25-20-11-10-15(2)14-16(20)3/h5-6,8-11,14,19,24H,4,7,12-13H2,1-3H3. The van der Waals surface area contributed by atoms with Gasteiger partial charge in [-0.1, -0.05) is 36.8 Å². The molecule has 1 aromatic heterocycles. The summed E-state index contributed by atoms with van der Waals surface area (Å²) in [7, 11) is 0. The Morgan fingerprint density at radius 2 is 1.96 bits per heavy atom. The third-order valence-corrected chi connectivity index (χ3v) is 4.48. The van der Waals surface area contributed by atoms with Gasteiger partial charge in [-0.05, 0) is 50.5 Å². The van der Waals surface area contributed by atoms with Crippen molar-refractivity contribution in [2.24, 2.45) is 0 Å². The van der Waals surface area contributed by atoms with Crippen molar-refractivity contribution in [3.8, 4) is 5.75 Å². The van der Waals surface area contributed by atoms with Crippen LogP contribution < -0.4 is 4.74 Å². The van der Waals surface area contributed by atoms with Gasteiger partial charge in [-0.2, -0.15) is 0 Å². The molecule has 0 aliphatic carbocycles. The number of para-hydroxylation sites is 2. The molecule has 0 fully saturated rings. The van der Waals surface area contributed by atoms with Gasteiger partial charge in [-0.3, -0.25) is 0 Å². The third kappa shape index (κ3) is 3.85. The Hall–Kier alpha value is -2.33. The Kier molecular flexibility index (Phi) is 5.39. The van der Waals surface area contributed by atoms with Crippen molar-refractivity contribution in [1.82, 2.24) is 9.55 Å². The molecule has 3 rings (SSSR count). The second kappa shape index (κ2) is 7.70. The molecule has 0 bridgehead atoms. The van der Waals surface area contributed by atoms with Crippen LogP contribution in [0.4, 0.5) is 0 Å². The normalized spacial score (nSPS) is 12.5. The van der Waals surface area contributed by atoms with Crippen LogP contribution in [0.2, 0.25) is 0 Å². The number of aliphatic hydroxyl groups excluding tert-OH is 1. The lowest BCUT2D eigenvalue weighted by Gasteiger charge is -2.14. The molecule has 4 heteroatoms. The lowest BCUT2D eigenvalue weighted by Crippen LogP contribution is -2.11. The average Bonchev–Trinajstić information content (AvgIpc) is 2.98. The number of fused-ring (bicyclic) bond motifs is 1. The lowest BCUT2D eigenvalue weighted by atomic mass is 10.1. The van der Waals surface area contributed by atoms with Gasteiger partial charge in [-0.25, -0.2) is 4.98 Å². The first-order valence-electron chi connectivity index (χ1n) is 8.93. The van der Waals surface area contributed by atoms with E-state index in [1.54, 1.807) is 0 Å². The number of ether oxygens (including phenoxy) is 1. The number of aliphatic hydroxyl groups is 1. The van der Waals surface area contributed by atoms with Crippen molar-refractivity contribution in [1.29, 1.82) is 0 Å². The number of hydrogen-bond donors (Lipinski definition) is 1. The van der Waals surface area contributed by atoms with E-state index in [-0.39, 0.29) is 0 Å². The molecule has 1 unspecified atom stereocenters. The van der Waals surface area contributed by atoms with Crippen molar-refractivity contribution >= 4 is 11.0 Å². The highest BCUT2D eigenvalue weighted by atomic mass is 16.5. The minimum atomic E-state index is -0.535. The van der Waals surface area contributed by atoms with Gasteiger partial charge < -0.3 is 14.4 Å². The van der Waals surface area contributed by atoms with E-state index < -0.39 is 6.10 Å². The number of rotatable bonds is 7. The van der Waals surface area contributed by atoms with E-state index in [1.807, 2.05) is 31.2 Å². The van der Waals surface area contributed by atoms with E-state index in [0.717, 1.165) is 41.1 Å². The molecule has 1 atom stereocenters. The maximum absolute atomic E-state index is 10.3. The van der Waals surface area contributed by atoms with Crippen LogP contribution in [0.15, 0.2) is 42.5 Å². The van der Waals surface area contributed by atoms with Crippen LogP contribution in [-0.4, -0.2) is 21.3 Å². The van der Waals surface area contributed by atoms with Crippen molar-refractivity contribution in [3.05, 3.63) is 59.4 Å². The van der Waals surface area contributed by atoms with Crippen LogP contribution in [-0.2, 0) is 6.54 Å². The summed E-state index contributed by atoms with van der Waals surface area (Å²) in [5, 5.41) is 10.3. The van der Waals surface area contributed by atoms with Crippen LogP contribution in [0.25, 0.3) is 11.0 Å². The molecule has 2 aromatic carbocycles. The predicted molar refractivity (Wildman–Crippen MR) is 101 cm³/mol. The minimum absolute atomic E-state index is 0.535. The quantitative estimate of drug-likeness (QED) is 0.642. The van der Waals surface area contributed by atoms with E-state index >= 15 is 0 Å². The molecule has 1 N–H and O–H groups in total. The Balaban J connectivity index is 1.70. The second-order valence-electron chi connectivity index (χ2n) is 6.51. The predicted octanol–water partition coefficient (Wildman–Crippen LogP) is 4.57. The highest BCUT2D eigenvalue weighted by Gasteiger charge is 2.16. The zero-order valence-corrected chi connectivity index (χ0v) is 15.2. The first kappa shape index (κ1) is 17.5. The highest BCUT2D eigenvalue weighted by molar-refractivity contribution is 5.76. The fourth-order valence-corrected chi connectivity index (χ4v) is 3.13. The monoisotopic (exact) mass is 338 g/mol. The fourth-order valence-electron chi connectivity index (χ4n) is 3.13. The zero-order valence-electron chi connectivity index (χ0n) is 15.2. The first-order valence-corrected chi connectivity index (χ1v) is 8.93. The van der Waals surface area contributed by atoms with Gasteiger partial charge in [0.05, 0.1) is 17.6 Å². The Morgan fingerprint density at radius 1 is 1.16 bits per heavy atom. The molecule has 25 heavy (non-hydrogen) atoms. The lowest BCUT2D eigenvalue weighted by molar-refractivity contribution is 0.158. The summed E-state index contributed by atoms with van der Waals surface area (Å²) in [5.74, 6) is 1.69. The number of aromatic nitrogens is 2. The van der Waals surface area contributed by atoms with E-state index in [2.05, 4.69) is 41.6 Å². The van der Waals surface area contributed by atoms with Crippen LogP contribution in [0.3, 0.4) is 0 Å². The number of aryl methyl sites for hydroxylation is 3. The van der Waals surface area contributed by atoms with Gasteiger partial charge in [0, 0.05) is 6.54 Å². The van der Waals surface area contributed by atoms with Gasteiger partial charge in [0.15, 0.2) is 0 Å². The summed E-state index contributed by atoms with van der Waals surface area (Å²) in [5.41, 5.74) is 4.40. The van der Waals surface area contributed by atoms with E-state index in [0.29, 0.717) is 13.0 Å². The Morgan fingerprint density at radius 3 is 2.72 bits per heavy atom. The van der Waals surface area contributed by atoms with E-state index in [9.17, 15) is 5.11 Å². The van der Waals surface area contributed by atoms with Gasteiger partial charge in [0.2, 0.25) is 0 Å². The van der Waals surface area contributed by atoms with Crippen molar-refractivity contribution in [2.45, 2.75) is 46.3 Å². The topological polar surface area (TPSA) is 47.3 Å². The molecule has 4 nitrogen and oxygen atoms in total. The molecule has 132 valence electrons. The molecule has 0 spiro atoms. The maximum atomic E-state index is 10.3. The first-order chi connectivity index (χ1) is 12.1. The van der Waals surface area contributed by atoms with Crippen molar-refractivity contribution < 1.29 is 9.84 Å². The van der Waals surface area contributed by atoms with E-state index in [4.69, 9.17) is 4.74 Å². The molecular weight excluding hydrogens is 312 g/mol. The smallest absolute Gasteiger partial charge is 0.138 e. The highest BCUT2D eigenvalue weighted by Crippen LogP contribution is 2.23. The number of benzene rings is 2. The Labute approximate surface area is 149 Å². The SMILES string of the molecule is CCC(O)c1nc2ccccc2n1CCCOc1ccc(C)cc1C. The van der Waals surface area contributed by atoms with Gasteiger partial charge in [0.1, 0.15) is 17.7 Å². The molecule has 0 aliphatic rings. The number of imidazole rings is 1. The minimum Gasteiger partial charge on any atom is -0.493 e. The number of nitrogens with zero attached hydrogens (tertiary/aromatic N) is 2. The summed E-state index contributed by atoms with van der Waals surface area (Å²) in [6.07, 6.45) is 0.979. The molecule has 0 saturated heterocycles. The molecule has 3 aromatic rings. The largest absolute Gasteiger partial charge is 0.493 e. The average molecular weight is 338 g/mol. The summed E-state index contributed by atoms with van der Waals surface area (Å²) in [6.45, 7) is 7.54. The summed E-state index contributed by atoms with van der Waals surface area (Å²) < 4.78 is 8.05. The summed E-state index contributed by atoms with van der Waals surface area (Å²) in [4.78, 5) is 4.62. The third-order valence-electron chi connectivity index (χ3n) is 4.48. The van der Waals surface area contributed by atoms with Crippen LogP contribution in [0, 0.1) is 13.8 Å². The van der Waals surface area contributed by atoms with Gasteiger partial charge >= 0.3 is 0 Å². The molecule has 0 amide bonds.